The molecule has 1 N–H and O–H groups in total. The van der Waals surface area contributed by atoms with Crippen molar-refractivity contribution in [3.63, 3.8) is 0 Å². The zero-order valence-corrected chi connectivity index (χ0v) is 17.3. The Morgan fingerprint density at radius 3 is 2.67 bits per heavy atom. The summed E-state index contributed by atoms with van der Waals surface area (Å²) in [5.41, 5.74) is 1.78. The Morgan fingerprint density at radius 1 is 1.17 bits per heavy atom. The maximum Gasteiger partial charge on any atom is 0.248 e. The first-order valence-electron chi connectivity index (χ1n) is 9.84. The molecule has 4 atom stereocenters. The van der Waals surface area contributed by atoms with Gasteiger partial charge in [-0.1, -0.05) is 0 Å². The third-order valence-corrected chi connectivity index (χ3v) is 5.28. The average molecular weight is 414 g/mol. The Hall–Kier alpha value is -2.75. The fraction of sp³-hybridized carbons (Fsp3) is 0.476. The van der Waals surface area contributed by atoms with Crippen LogP contribution in [0.2, 0.25) is 0 Å². The number of amides is 1. The number of fused-ring (bicyclic) bond motifs is 1. The van der Waals surface area contributed by atoms with Gasteiger partial charge >= 0.3 is 0 Å². The average Bonchev–Trinajstić information content (AvgIpc) is 3.35. The monoisotopic (exact) mass is 414 g/mol. The molecule has 1 aromatic carbocycles. The van der Waals surface area contributed by atoms with Crippen molar-refractivity contribution in [1.82, 2.24) is 14.9 Å². The number of likely N-dealkylation sites (N-methyl/N-ethyl adjacent to an activating group) is 1. The Morgan fingerprint density at radius 2 is 1.93 bits per heavy atom. The number of anilines is 1. The van der Waals surface area contributed by atoms with Crippen LogP contribution in [0.15, 0.2) is 36.5 Å². The number of methoxy groups -OCH3 is 1. The minimum atomic E-state index is -0.266. The minimum Gasteiger partial charge on any atom is -0.497 e. The van der Waals surface area contributed by atoms with E-state index in [1.807, 2.05) is 30.3 Å². The fourth-order valence-corrected chi connectivity index (χ4v) is 3.55. The van der Waals surface area contributed by atoms with Crippen molar-refractivity contribution >= 4 is 11.9 Å². The number of rotatable bonds is 7. The standard InChI is InChI=1S/C21H26N4O5/c1-25(2)18(26)12-28-17-11-30-19-16(10-29-20(17)19)24-21-22-9-8-15(23-21)13-4-6-14(27-3)7-5-13/h4-9,16-17,19-20H,10-12H2,1-3H3,(H,22,23,24). The van der Waals surface area contributed by atoms with Gasteiger partial charge in [0.1, 0.15) is 30.7 Å². The number of carbonyl (C=O) groups is 1. The molecule has 2 fully saturated rings. The molecule has 160 valence electrons. The largest absolute Gasteiger partial charge is 0.497 e. The molecule has 0 spiro atoms. The molecular formula is C21H26N4O5. The van der Waals surface area contributed by atoms with Gasteiger partial charge in [-0.05, 0) is 30.3 Å². The zero-order valence-electron chi connectivity index (χ0n) is 17.3. The molecule has 4 rings (SSSR count). The highest BCUT2D eigenvalue weighted by atomic mass is 16.6. The number of benzene rings is 1. The minimum absolute atomic E-state index is 0.0126. The number of nitrogens with zero attached hydrogens (tertiary/aromatic N) is 3. The van der Waals surface area contributed by atoms with E-state index in [0.717, 1.165) is 17.0 Å². The second-order valence-corrected chi connectivity index (χ2v) is 7.48. The summed E-state index contributed by atoms with van der Waals surface area (Å²) in [5.74, 6) is 1.21. The molecule has 1 amide bonds. The van der Waals surface area contributed by atoms with Gasteiger partial charge in [-0.15, -0.1) is 0 Å². The predicted molar refractivity (Wildman–Crippen MR) is 109 cm³/mol. The zero-order chi connectivity index (χ0) is 21.1. The second kappa shape index (κ2) is 8.95. The number of nitrogens with one attached hydrogen (secondary N) is 1. The van der Waals surface area contributed by atoms with Crippen LogP contribution >= 0.6 is 0 Å². The summed E-state index contributed by atoms with van der Waals surface area (Å²) in [6, 6.07) is 9.46. The number of hydrogen-bond acceptors (Lipinski definition) is 8. The first-order chi connectivity index (χ1) is 14.5. The molecule has 0 aliphatic carbocycles. The lowest BCUT2D eigenvalue weighted by molar-refractivity contribution is -0.137. The van der Waals surface area contributed by atoms with E-state index in [2.05, 4.69) is 15.3 Å². The van der Waals surface area contributed by atoms with Gasteiger partial charge in [0.05, 0.1) is 32.1 Å². The number of aromatic nitrogens is 2. The van der Waals surface area contributed by atoms with Crippen LogP contribution in [0.25, 0.3) is 11.3 Å². The van der Waals surface area contributed by atoms with Crippen LogP contribution < -0.4 is 10.1 Å². The number of ether oxygens (including phenoxy) is 4. The third-order valence-electron chi connectivity index (χ3n) is 5.28. The number of carbonyl (C=O) groups excluding carboxylic acids is 1. The van der Waals surface area contributed by atoms with Crippen LogP contribution in [-0.4, -0.2) is 86.2 Å². The van der Waals surface area contributed by atoms with E-state index in [1.54, 1.807) is 27.4 Å². The van der Waals surface area contributed by atoms with Gasteiger partial charge < -0.3 is 29.2 Å². The van der Waals surface area contributed by atoms with Gasteiger partial charge in [-0.2, -0.15) is 0 Å². The van der Waals surface area contributed by atoms with Crippen molar-refractivity contribution in [2.75, 3.05) is 46.3 Å². The third kappa shape index (κ3) is 4.38. The Labute approximate surface area is 175 Å². The Bertz CT molecular complexity index is 876. The predicted octanol–water partition coefficient (Wildman–Crippen LogP) is 1.20. The summed E-state index contributed by atoms with van der Waals surface area (Å²) in [7, 11) is 5.04. The van der Waals surface area contributed by atoms with Crippen LogP contribution in [0.1, 0.15) is 0 Å². The molecular weight excluding hydrogens is 388 g/mol. The topological polar surface area (TPSA) is 95.0 Å². The van der Waals surface area contributed by atoms with Gasteiger partial charge in [-0.25, -0.2) is 9.97 Å². The van der Waals surface area contributed by atoms with Crippen molar-refractivity contribution in [3.8, 4) is 17.0 Å². The van der Waals surface area contributed by atoms with Crippen molar-refractivity contribution in [2.24, 2.45) is 0 Å². The van der Waals surface area contributed by atoms with E-state index in [4.69, 9.17) is 18.9 Å². The van der Waals surface area contributed by atoms with Crippen LogP contribution in [0.3, 0.4) is 0 Å². The van der Waals surface area contributed by atoms with E-state index in [1.165, 1.54) is 4.90 Å². The summed E-state index contributed by atoms with van der Waals surface area (Å²) < 4.78 is 22.7. The molecule has 1 aromatic heterocycles. The van der Waals surface area contributed by atoms with E-state index >= 15 is 0 Å². The first-order valence-corrected chi connectivity index (χ1v) is 9.84. The van der Waals surface area contributed by atoms with Crippen molar-refractivity contribution in [3.05, 3.63) is 36.5 Å². The molecule has 0 radical (unpaired) electrons. The van der Waals surface area contributed by atoms with Gasteiger partial charge in [-0.3, -0.25) is 4.79 Å². The highest BCUT2D eigenvalue weighted by Gasteiger charge is 2.48. The lowest BCUT2D eigenvalue weighted by atomic mass is 10.1. The number of hydrogen-bond donors (Lipinski definition) is 1. The summed E-state index contributed by atoms with van der Waals surface area (Å²) in [6.45, 7) is 0.854. The maximum atomic E-state index is 11.8. The molecule has 3 heterocycles. The van der Waals surface area contributed by atoms with E-state index in [0.29, 0.717) is 19.2 Å². The van der Waals surface area contributed by atoms with Crippen molar-refractivity contribution in [1.29, 1.82) is 0 Å². The molecule has 9 heteroatoms. The quantitative estimate of drug-likeness (QED) is 0.722. The molecule has 0 bridgehead atoms. The molecule has 4 unspecified atom stereocenters. The summed E-state index contributed by atoms with van der Waals surface area (Å²) in [4.78, 5) is 22.2. The summed E-state index contributed by atoms with van der Waals surface area (Å²) >= 11 is 0. The summed E-state index contributed by atoms with van der Waals surface area (Å²) in [5, 5.41) is 3.32. The lowest BCUT2D eigenvalue weighted by Crippen LogP contribution is -2.38. The van der Waals surface area contributed by atoms with Crippen LogP contribution in [0, 0.1) is 0 Å². The van der Waals surface area contributed by atoms with Crippen molar-refractivity contribution in [2.45, 2.75) is 24.4 Å². The van der Waals surface area contributed by atoms with Crippen LogP contribution in [0.4, 0.5) is 5.95 Å². The molecule has 2 aliphatic rings. The highest BCUT2D eigenvalue weighted by Crippen LogP contribution is 2.30. The van der Waals surface area contributed by atoms with E-state index in [9.17, 15) is 4.79 Å². The molecule has 9 nitrogen and oxygen atoms in total. The van der Waals surface area contributed by atoms with Gasteiger partial charge in [0.2, 0.25) is 11.9 Å². The van der Waals surface area contributed by atoms with E-state index < -0.39 is 0 Å². The molecule has 2 saturated heterocycles. The van der Waals surface area contributed by atoms with Crippen LogP contribution in [-0.2, 0) is 19.0 Å². The Balaban J connectivity index is 1.38. The smallest absolute Gasteiger partial charge is 0.248 e. The van der Waals surface area contributed by atoms with Crippen molar-refractivity contribution < 1.29 is 23.7 Å². The van der Waals surface area contributed by atoms with Gasteiger partial charge in [0, 0.05) is 25.9 Å². The second-order valence-electron chi connectivity index (χ2n) is 7.48. The van der Waals surface area contributed by atoms with E-state index in [-0.39, 0.29) is 36.9 Å². The van der Waals surface area contributed by atoms with Gasteiger partial charge in [0.15, 0.2) is 0 Å². The maximum absolute atomic E-state index is 11.8. The first kappa shape index (κ1) is 20.5. The fourth-order valence-electron chi connectivity index (χ4n) is 3.55. The lowest BCUT2D eigenvalue weighted by Gasteiger charge is -2.18. The molecule has 2 aromatic rings. The highest BCUT2D eigenvalue weighted by molar-refractivity contribution is 5.76. The SMILES string of the molecule is COc1ccc(-c2ccnc(NC3COC4C(OCC(=O)N(C)C)COC34)n2)cc1. The normalized spacial score (nSPS) is 25.0. The molecule has 30 heavy (non-hydrogen) atoms. The summed E-state index contributed by atoms with van der Waals surface area (Å²) in [6.07, 6.45) is 1.05. The Kier molecular flexibility index (Phi) is 6.12. The molecule has 0 saturated carbocycles. The molecule has 2 aliphatic heterocycles. The van der Waals surface area contributed by atoms with Crippen LogP contribution in [0.5, 0.6) is 5.75 Å². The van der Waals surface area contributed by atoms with Gasteiger partial charge in [0.25, 0.3) is 0 Å².